The number of carbonyl (C=O) groups excluding carboxylic acids is 1. The first-order chi connectivity index (χ1) is 8.70. The molecule has 0 bridgehead atoms. The standard InChI is InChI=1S/C14H18N2O2/c1-11(17)15-13-8-9-14(18-2)16(13)10-12-6-4-3-5-7-12/h3-7,14H,8-10H2,1-2H3. The lowest BCUT2D eigenvalue weighted by Crippen LogP contribution is -2.34. The summed E-state index contributed by atoms with van der Waals surface area (Å²) >= 11 is 0. The van der Waals surface area contributed by atoms with Gasteiger partial charge in [0.2, 0.25) is 5.91 Å². The van der Waals surface area contributed by atoms with Gasteiger partial charge < -0.3 is 9.64 Å². The molecular weight excluding hydrogens is 228 g/mol. The lowest BCUT2D eigenvalue weighted by Gasteiger charge is -2.25. The van der Waals surface area contributed by atoms with Crippen LogP contribution in [0, 0.1) is 0 Å². The van der Waals surface area contributed by atoms with Gasteiger partial charge in [-0.2, -0.15) is 0 Å². The molecule has 2 rings (SSSR count). The van der Waals surface area contributed by atoms with Crippen LogP contribution in [0.2, 0.25) is 0 Å². The van der Waals surface area contributed by atoms with E-state index in [1.54, 1.807) is 7.11 Å². The lowest BCUT2D eigenvalue weighted by atomic mass is 10.2. The number of rotatable bonds is 3. The van der Waals surface area contributed by atoms with Crippen molar-refractivity contribution in [2.75, 3.05) is 7.11 Å². The predicted octanol–water partition coefficient (Wildman–Crippen LogP) is 2.20. The Morgan fingerprint density at radius 1 is 1.44 bits per heavy atom. The van der Waals surface area contributed by atoms with Crippen LogP contribution in [0.5, 0.6) is 0 Å². The maximum Gasteiger partial charge on any atom is 0.244 e. The summed E-state index contributed by atoms with van der Waals surface area (Å²) in [5, 5.41) is 0. The van der Waals surface area contributed by atoms with Crippen molar-refractivity contribution in [2.24, 2.45) is 4.99 Å². The molecular formula is C14H18N2O2. The fraction of sp³-hybridized carbons (Fsp3) is 0.429. The van der Waals surface area contributed by atoms with Crippen LogP contribution in [0.4, 0.5) is 0 Å². The molecule has 1 aliphatic heterocycles. The molecule has 1 amide bonds. The third-order valence-electron chi connectivity index (χ3n) is 3.05. The second kappa shape index (κ2) is 5.78. The van der Waals surface area contributed by atoms with E-state index in [4.69, 9.17) is 4.74 Å². The Bertz CT molecular complexity index is 442. The van der Waals surface area contributed by atoms with Gasteiger partial charge in [-0.3, -0.25) is 4.79 Å². The van der Waals surface area contributed by atoms with E-state index in [0.29, 0.717) is 0 Å². The third-order valence-corrected chi connectivity index (χ3v) is 3.05. The predicted molar refractivity (Wildman–Crippen MR) is 70.1 cm³/mol. The highest BCUT2D eigenvalue weighted by atomic mass is 16.5. The fourth-order valence-electron chi connectivity index (χ4n) is 2.24. The van der Waals surface area contributed by atoms with E-state index in [9.17, 15) is 4.79 Å². The second-order valence-electron chi connectivity index (χ2n) is 4.39. The van der Waals surface area contributed by atoms with E-state index >= 15 is 0 Å². The van der Waals surface area contributed by atoms with Crippen molar-refractivity contribution in [3.05, 3.63) is 35.9 Å². The molecule has 18 heavy (non-hydrogen) atoms. The van der Waals surface area contributed by atoms with Gasteiger partial charge in [0.15, 0.2) is 0 Å². The zero-order valence-corrected chi connectivity index (χ0v) is 10.8. The molecule has 4 heteroatoms. The molecule has 1 heterocycles. The topological polar surface area (TPSA) is 41.9 Å². The summed E-state index contributed by atoms with van der Waals surface area (Å²) in [6.07, 6.45) is 1.70. The van der Waals surface area contributed by atoms with Gasteiger partial charge in [0.05, 0.1) is 0 Å². The fourth-order valence-corrected chi connectivity index (χ4v) is 2.24. The molecule has 0 radical (unpaired) electrons. The zero-order chi connectivity index (χ0) is 13.0. The summed E-state index contributed by atoms with van der Waals surface area (Å²) in [7, 11) is 1.69. The first kappa shape index (κ1) is 12.8. The second-order valence-corrected chi connectivity index (χ2v) is 4.39. The summed E-state index contributed by atoms with van der Waals surface area (Å²) in [6, 6.07) is 10.1. The molecule has 1 saturated heterocycles. The van der Waals surface area contributed by atoms with E-state index in [0.717, 1.165) is 25.2 Å². The highest BCUT2D eigenvalue weighted by molar-refractivity contribution is 5.94. The van der Waals surface area contributed by atoms with Crippen LogP contribution in [0.3, 0.4) is 0 Å². The number of ether oxygens (including phenoxy) is 1. The SMILES string of the molecule is COC1CCC(=NC(C)=O)N1Cc1ccccc1. The van der Waals surface area contributed by atoms with E-state index < -0.39 is 0 Å². The van der Waals surface area contributed by atoms with Crippen molar-refractivity contribution < 1.29 is 9.53 Å². The number of nitrogens with zero attached hydrogens (tertiary/aromatic N) is 2. The molecule has 0 spiro atoms. The summed E-state index contributed by atoms with van der Waals surface area (Å²) in [5.41, 5.74) is 1.19. The van der Waals surface area contributed by atoms with Gasteiger partial charge in [-0.25, -0.2) is 4.99 Å². The Morgan fingerprint density at radius 2 is 2.17 bits per heavy atom. The Labute approximate surface area is 107 Å². The van der Waals surface area contributed by atoms with Crippen molar-refractivity contribution in [2.45, 2.75) is 32.5 Å². The summed E-state index contributed by atoms with van der Waals surface area (Å²) in [5.74, 6) is 0.679. The minimum absolute atomic E-state index is 0.0170. The molecule has 4 nitrogen and oxygen atoms in total. The maximum atomic E-state index is 11.1. The minimum atomic E-state index is -0.153. The first-order valence-corrected chi connectivity index (χ1v) is 6.12. The smallest absolute Gasteiger partial charge is 0.244 e. The molecule has 1 aromatic carbocycles. The van der Waals surface area contributed by atoms with Crippen molar-refractivity contribution in [1.29, 1.82) is 0 Å². The molecule has 96 valence electrons. The van der Waals surface area contributed by atoms with Gasteiger partial charge in [0.1, 0.15) is 12.1 Å². The van der Waals surface area contributed by atoms with Gasteiger partial charge in [-0.05, 0) is 12.0 Å². The van der Waals surface area contributed by atoms with E-state index in [2.05, 4.69) is 22.0 Å². The Morgan fingerprint density at radius 3 is 2.78 bits per heavy atom. The molecule has 1 unspecified atom stereocenters. The molecule has 0 aromatic heterocycles. The number of amides is 1. The maximum absolute atomic E-state index is 11.1. The number of hydrogen-bond donors (Lipinski definition) is 0. The molecule has 1 atom stereocenters. The van der Waals surface area contributed by atoms with E-state index in [-0.39, 0.29) is 12.1 Å². The Balaban J connectivity index is 2.17. The molecule has 1 aromatic rings. The number of aliphatic imine (C=N–C) groups is 1. The highest BCUT2D eigenvalue weighted by Gasteiger charge is 2.29. The summed E-state index contributed by atoms with van der Waals surface area (Å²) in [6.45, 7) is 2.21. The van der Waals surface area contributed by atoms with Crippen molar-refractivity contribution in [3.63, 3.8) is 0 Å². The number of likely N-dealkylation sites (tertiary alicyclic amines) is 1. The Kier molecular flexibility index (Phi) is 4.10. The number of amidine groups is 1. The Hall–Kier alpha value is -1.68. The molecule has 1 fully saturated rings. The van der Waals surface area contributed by atoms with Crippen LogP contribution in [0.25, 0.3) is 0 Å². The highest BCUT2D eigenvalue weighted by Crippen LogP contribution is 2.23. The van der Waals surface area contributed by atoms with Crippen LogP contribution in [-0.2, 0) is 16.1 Å². The number of benzene rings is 1. The number of hydrogen-bond acceptors (Lipinski definition) is 2. The average Bonchev–Trinajstić information content (AvgIpc) is 2.72. The van der Waals surface area contributed by atoms with Crippen LogP contribution >= 0.6 is 0 Å². The van der Waals surface area contributed by atoms with Crippen molar-refractivity contribution in [3.8, 4) is 0 Å². The third kappa shape index (κ3) is 2.96. The van der Waals surface area contributed by atoms with Gasteiger partial charge in [-0.1, -0.05) is 30.3 Å². The largest absolute Gasteiger partial charge is 0.362 e. The van der Waals surface area contributed by atoms with Gasteiger partial charge in [0, 0.05) is 27.0 Å². The average molecular weight is 246 g/mol. The summed E-state index contributed by atoms with van der Waals surface area (Å²) in [4.78, 5) is 17.3. The first-order valence-electron chi connectivity index (χ1n) is 6.12. The molecule has 0 aliphatic carbocycles. The lowest BCUT2D eigenvalue weighted by molar-refractivity contribution is -0.115. The number of carbonyl (C=O) groups is 1. The van der Waals surface area contributed by atoms with Crippen molar-refractivity contribution in [1.82, 2.24) is 4.90 Å². The minimum Gasteiger partial charge on any atom is -0.362 e. The quantitative estimate of drug-likeness (QED) is 0.821. The molecule has 1 aliphatic rings. The van der Waals surface area contributed by atoms with E-state index in [1.165, 1.54) is 12.5 Å². The monoisotopic (exact) mass is 246 g/mol. The molecule has 0 saturated carbocycles. The van der Waals surface area contributed by atoms with Crippen LogP contribution in [0.15, 0.2) is 35.3 Å². The summed E-state index contributed by atoms with van der Waals surface area (Å²) < 4.78 is 5.44. The van der Waals surface area contributed by atoms with Crippen LogP contribution in [-0.4, -0.2) is 30.0 Å². The molecule has 0 N–H and O–H groups in total. The van der Waals surface area contributed by atoms with Crippen LogP contribution < -0.4 is 0 Å². The van der Waals surface area contributed by atoms with E-state index in [1.807, 2.05) is 18.2 Å². The van der Waals surface area contributed by atoms with Gasteiger partial charge in [0.25, 0.3) is 0 Å². The normalized spacial score (nSPS) is 21.6. The van der Waals surface area contributed by atoms with Crippen LogP contribution in [0.1, 0.15) is 25.3 Å². The van der Waals surface area contributed by atoms with Gasteiger partial charge in [-0.15, -0.1) is 0 Å². The van der Waals surface area contributed by atoms with Crippen molar-refractivity contribution >= 4 is 11.7 Å². The zero-order valence-electron chi connectivity index (χ0n) is 10.8. The van der Waals surface area contributed by atoms with Gasteiger partial charge >= 0.3 is 0 Å². The number of methoxy groups -OCH3 is 1.